The number of aliphatic hydroxyl groups is 1. The molecule has 206 valence electrons. The first kappa shape index (κ1) is 30.2. The van der Waals surface area contributed by atoms with Crippen molar-refractivity contribution in [1.82, 2.24) is 5.32 Å². The molecular weight excluding hydrogens is 477 g/mol. The highest BCUT2D eigenvalue weighted by Crippen LogP contribution is 2.53. The van der Waals surface area contributed by atoms with Crippen molar-refractivity contribution in [2.75, 3.05) is 34.0 Å². The summed E-state index contributed by atoms with van der Waals surface area (Å²) in [5.74, 6) is 0.505. The molecule has 1 amide bonds. The Morgan fingerprint density at radius 3 is 2.42 bits per heavy atom. The zero-order valence-electron chi connectivity index (χ0n) is 21.7. The first-order valence-electron chi connectivity index (χ1n) is 12.5. The number of benzene rings is 1. The number of rotatable bonds is 15. The highest BCUT2D eigenvalue weighted by molar-refractivity contribution is 5.84. The van der Waals surface area contributed by atoms with Crippen LogP contribution in [-0.4, -0.2) is 63.3 Å². The number of aliphatic hydroxyl groups excluding tert-OH is 1. The highest BCUT2D eigenvalue weighted by Gasteiger charge is 2.63. The van der Waals surface area contributed by atoms with Gasteiger partial charge in [-0.2, -0.15) is 13.2 Å². The minimum Gasteiger partial charge on any atom is -0.493 e. The van der Waals surface area contributed by atoms with E-state index < -0.39 is 29.6 Å². The summed E-state index contributed by atoms with van der Waals surface area (Å²) < 4.78 is 56.4. The molecule has 7 nitrogen and oxygen atoms in total. The number of carbonyl (C=O) groups is 1. The average molecular weight is 519 g/mol. The van der Waals surface area contributed by atoms with E-state index in [1.54, 1.807) is 14.2 Å². The number of alkyl halides is 3. The molecular formula is C26H41F3N2O5. The first-order chi connectivity index (χ1) is 16.9. The van der Waals surface area contributed by atoms with Crippen LogP contribution in [0.3, 0.4) is 0 Å². The topological polar surface area (TPSA) is 103 Å². The molecule has 1 saturated carbocycles. The molecule has 0 radical (unpaired) electrons. The molecule has 0 unspecified atom stereocenters. The summed E-state index contributed by atoms with van der Waals surface area (Å²) in [4.78, 5) is 12.3. The normalized spacial score (nSPS) is 17.7. The van der Waals surface area contributed by atoms with E-state index in [1.807, 2.05) is 18.2 Å². The Balaban J connectivity index is 1.97. The molecule has 10 heteroatoms. The van der Waals surface area contributed by atoms with Crippen molar-refractivity contribution in [3.63, 3.8) is 0 Å². The Labute approximate surface area is 211 Å². The average Bonchev–Trinajstić information content (AvgIpc) is 2.78. The summed E-state index contributed by atoms with van der Waals surface area (Å²) in [6.07, 6.45) is -4.00. The number of hydrogen-bond donors (Lipinski definition) is 3. The third kappa shape index (κ3) is 7.73. The van der Waals surface area contributed by atoms with Crippen molar-refractivity contribution < 1.29 is 37.3 Å². The fourth-order valence-electron chi connectivity index (χ4n) is 4.43. The minimum atomic E-state index is -4.60. The van der Waals surface area contributed by atoms with Crippen molar-refractivity contribution in [3.05, 3.63) is 23.8 Å². The zero-order valence-corrected chi connectivity index (χ0v) is 21.7. The standard InChI is InChI=1S/C26H41F3N2O5/c1-17(2)19(13-18-7-8-22(35-4)23(14-18)36-12-6-11-34-3)15-20(30)21(32)16-31-24(33)25(9-5-10-25)26(27,28)29/h7-8,14,17,19-21,32H,5-6,9-13,15-16,30H2,1-4H3,(H,31,33)/t19-,20-,21-/m0/s1. The van der Waals surface area contributed by atoms with Crippen LogP contribution in [0, 0.1) is 17.3 Å². The lowest BCUT2D eigenvalue weighted by Gasteiger charge is -2.41. The number of nitrogens with two attached hydrogens (primary N) is 1. The second kappa shape index (κ2) is 13.5. The summed E-state index contributed by atoms with van der Waals surface area (Å²) in [7, 11) is 3.21. The molecule has 3 atom stereocenters. The van der Waals surface area contributed by atoms with E-state index >= 15 is 0 Å². The molecule has 0 aliphatic heterocycles. The lowest BCUT2D eigenvalue weighted by molar-refractivity contribution is -0.243. The van der Waals surface area contributed by atoms with Gasteiger partial charge in [0.1, 0.15) is 5.41 Å². The SMILES string of the molecule is COCCCOc1cc(C[C@@H](C[C@H](N)[C@@H](O)CNC(=O)C2(C(F)(F)F)CCC2)C(C)C)ccc1OC. The van der Waals surface area contributed by atoms with E-state index in [2.05, 4.69) is 19.2 Å². The lowest BCUT2D eigenvalue weighted by Crippen LogP contribution is -2.56. The van der Waals surface area contributed by atoms with Gasteiger partial charge in [0.2, 0.25) is 5.91 Å². The molecule has 1 fully saturated rings. The van der Waals surface area contributed by atoms with Gasteiger partial charge in [-0.3, -0.25) is 4.79 Å². The van der Waals surface area contributed by atoms with Gasteiger partial charge in [-0.1, -0.05) is 26.3 Å². The van der Waals surface area contributed by atoms with Crippen LogP contribution in [0.15, 0.2) is 18.2 Å². The van der Waals surface area contributed by atoms with E-state index in [4.69, 9.17) is 19.9 Å². The maximum atomic E-state index is 13.4. The summed E-state index contributed by atoms with van der Waals surface area (Å²) in [5, 5.41) is 12.8. The molecule has 0 spiro atoms. The molecule has 1 aromatic carbocycles. The van der Waals surface area contributed by atoms with Gasteiger partial charge >= 0.3 is 6.18 Å². The molecule has 0 aromatic heterocycles. The Hall–Kier alpha value is -2.04. The van der Waals surface area contributed by atoms with Crippen LogP contribution < -0.4 is 20.5 Å². The number of amides is 1. The Morgan fingerprint density at radius 2 is 1.89 bits per heavy atom. The van der Waals surface area contributed by atoms with Crippen LogP contribution in [0.25, 0.3) is 0 Å². The molecule has 2 rings (SSSR count). The lowest BCUT2D eigenvalue weighted by atomic mass is 9.67. The van der Waals surface area contributed by atoms with Gasteiger partial charge in [0.15, 0.2) is 11.5 Å². The van der Waals surface area contributed by atoms with Gasteiger partial charge in [-0.05, 0) is 55.2 Å². The van der Waals surface area contributed by atoms with Gasteiger partial charge < -0.3 is 30.4 Å². The molecule has 36 heavy (non-hydrogen) atoms. The third-order valence-electron chi connectivity index (χ3n) is 7.14. The van der Waals surface area contributed by atoms with E-state index in [9.17, 15) is 23.1 Å². The van der Waals surface area contributed by atoms with Gasteiger partial charge in [0.05, 0.1) is 19.8 Å². The number of methoxy groups -OCH3 is 2. The quantitative estimate of drug-likeness (QED) is 0.305. The largest absolute Gasteiger partial charge is 0.493 e. The van der Waals surface area contributed by atoms with Crippen LogP contribution in [0.5, 0.6) is 11.5 Å². The van der Waals surface area contributed by atoms with E-state index in [0.29, 0.717) is 44.0 Å². The maximum Gasteiger partial charge on any atom is 0.403 e. The molecule has 0 bridgehead atoms. The minimum absolute atomic E-state index is 0.0910. The van der Waals surface area contributed by atoms with Gasteiger partial charge in [0, 0.05) is 32.7 Å². The van der Waals surface area contributed by atoms with Gasteiger partial charge in [-0.15, -0.1) is 0 Å². The maximum absolute atomic E-state index is 13.4. The zero-order chi connectivity index (χ0) is 26.9. The summed E-state index contributed by atoms with van der Waals surface area (Å²) in [6, 6.07) is 5.02. The number of ether oxygens (including phenoxy) is 3. The number of carbonyl (C=O) groups excluding carboxylic acids is 1. The van der Waals surface area contributed by atoms with Crippen molar-refractivity contribution in [2.24, 2.45) is 23.0 Å². The molecule has 4 N–H and O–H groups in total. The summed E-state index contributed by atoms with van der Waals surface area (Å²) in [6.45, 7) is 4.88. The van der Waals surface area contributed by atoms with Crippen LogP contribution in [-0.2, 0) is 16.0 Å². The molecule has 1 aliphatic carbocycles. The Bertz CT molecular complexity index is 830. The second-order valence-corrected chi connectivity index (χ2v) is 10.00. The highest BCUT2D eigenvalue weighted by atomic mass is 19.4. The monoisotopic (exact) mass is 518 g/mol. The van der Waals surface area contributed by atoms with Crippen LogP contribution in [0.4, 0.5) is 13.2 Å². The van der Waals surface area contributed by atoms with Crippen molar-refractivity contribution in [2.45, 2.75) is 70.7 Å². The predicted molar refractivity (Wildman–Crippen MR) is 131 cm³/mol. The van der Waals surface area contributed by atoms with Crippen molar-refractivity contribution in [1.29, 1.82) is 0 Å². The van der Waals surface area contributed by atoms with E-state index in [-0.39, 0.29) is 31.2 Å². The van der Waals surface area contributed by atoms with Crippen LogP contribution in [0.1, 0.15) is 51.5 Å². The number of halogens is 3. The fraction of sp³-hybridized carbons (Fsp3) is 0.731. The number of nitrogens with one attached hydrogen (secondary N) is 1. The predicted octanol–water partition coefficient (Wildman–Crippen LogP) is 3.85. The third-order valence-corrected chi connectivity index (χ3v) is 7.14. The smallest absolute Gasteiger partial charge is 0.403 e. The molecule has 1 aromatic rings. The van der Waals surface area contributed by atoms with E-state index in [0.717, 1.165) is 12.0 Å². The van der Waals surface area contributed by atoms with Gasteiger partial charge in [0.25, 0.3) is 0 Å². The van der Waals surface area contributed by atoms with Crippen molar-refractivity contribution >= 4 is 5.91 Å². The molecule has 0 saturated heterocycles. The molecule has 1 aliphatic rings. The summed E-state index contributed by atoms with van der Waals surface area (Å²) in [5.41, 5.74) is 4.91. The van der Waals surface area contributed by atoms with E-state index in [1.165, 1.54) is 0 Å². The molecule has 0 heterocycles. The van der Waals surface area contributed by atoms with Crippen molar-refractivity contribution in [3.8, 4) is 11.5 Å². The first-order valence-corrected chi connectivity index (χ1v) is 12.5. The fourth-order valence-corrected chi connectivity index (χ4v) is 4.43. The van der Waals surface area contributed by atoms with Gasteiger partial charge in [-0.25, -0.2) is 0 Å². The summed E-state index contributed by atoms with van der Waals surface area (Å²) >= 11 is 0. The number of hydrogen-bond acceptors (Lipinski definition) is 6. The Kier molecular flexibility index (Phi) is 11.3. The second-order valence-electron chi connectivity index (χ2n) is 10.00. The van der Waals surface area contributed by atoms with Crippen LogP contribution >= 0.6 is 0 Å². The van der Waals surface area contributed by atoms with Crippen LogP contribution in [0.2, 0.25) is 0 Å². The Morgan fingerprint density at radius 1 is 1.19 bits per heavy atom.